The third kappa shape index (κ3) is 5.48. The molecule has 2 aromatic heterocycles. The third-order valence-electron chi connectivity index (χ3n) is 5.18. The molecule has 1 aliphatic heterocycles. The molecule has 0 unspecified atom stereocenters. The van der Waals surface area contributed by atoms with Gasteiger partial charge in [-0.15, -0.1) is 0 Å². The van der Waals surface area contributed by atoms with E-state index >= 15 is 0 Å². The van der Waals surface area contributed by atoms with Crippen molar-refractivity contribution in [3.05, 3.63) is 52.2 Å². The van der Waals surface area contributed by atoms with Crippen LogP contribution in [0.2, 0.25) is 5.02 Å². The summed E-state index contributed by atoms with van der Waals surface area (Å²) < 4.78 is 97.4. The van der Waals surface area contributed by atoms with Crippen molar-refractivity contribution < 1.29 is 40.3 Å². The number of hydrogen-bond acceptors (Lipinski definition) is 6. The first-order chi connectivity index (χ1) is 15.9. The second-order valence-electron chi connectivity index (χ2n) is 8.12. The zero-order valence-corrected chi connectivity index (χ0v) is 18.7. The topological polar surface area (TPSA) is 102 Å². The number of carbonyl (C=O) groups is 1. The Morgan fingerprint density at radius 3 is 2.43 bits per heavy atom. The Morgan fingerprint density at radius 1 is 1.23 bits per heavy atom. The average molecular weight is 528 g/mol. The predicted molar refractivity (Wildman–Crippen MR) is 111 cm³/mol. The van der Waals surface area contributed by atoms with Gasteiger partial charge in [-0.3, -0.25) is 9.79 Å². The summed E-state index contributed by atoms with van der Waals surface area (Å²) in [5.41, 5.74) is -0.678. The van der Waals surface area contributed by atoms with Crippen LogP contribution in [-0.2, 0) is 17.3 Å². The maximum Gasteiger partial charge on any atom is 0.424 e. The smallest absolute Gasteiger partial charge is 0.385 e. The van der Waals surface area contributed by atoms with Gasteiger partial charge in [-0.05, 0) is 32.0 Å². The Balaban J connectivity index is 1.82. The number of nitrogens with zero attached hydrogens (tertiary/aromatic N) is 3. The van der Waals surface area contributed by atoms with Crippen molar-refractivity contribution in [2.24, 2.45) is 10.7 Å². The fraction of sp³-hybridized carbons (Fsp3) is 0.400. The normalized spacial score (nSPS) is 23.1. The summed E-state index contributed by atoms with van der Waals surface area (Å²) in [6.45, 7) is 1.54. The summed E-state index contributed by atoms with van der Waals surface area (Å²) in [6.07, 6.45) is -9.48. The van der Waals surface area contributed by atoms with Gasteiger partial charge in [0.15, 0.2) is 0 Å². The van der Waals surface area contributed by atoms with Gasteiger partial charge in [0.05, 0.1) is 28.4 Å². The van der Waals surface area contributed by atoms with Crippen LogP contribution in [-0.4, -0.2) is 45.6 Å². The van der Waals surface area contributed by atoms with Gasteiger partial charge < -0.3 is 15.8 Å². The molecule has 0 spiro atoms. The van der Waals surface area contributed by atoms with Crippen LogP contribution in [0.5, 0.6) is 0 Å². The maximum atomic E-state index is 14.4. The van der Waals surface area contributed by atoms with E-state index in [-0.39, 0.29) is 17.9 Å². The van der Waals surface area contributed by atoms with Gasteiger partial charge in [0.1, 0.15) is 23.2 Å². The van der Waals surface area contributed by atoms with Crippen LogP contribution < -0.4 is 11.1 Å². The molecule has 3 heterocycles. The summed E-state index contributed by atoms with van der Waals surface area (Å²) in [4.78, 5) is 23.6. The highest BCUT2D eigenvalue weighted by molar-refractivity contribution is 6.34. The average Bonchev–Trinajstić information content (AvgIpc) is 2.72. The van der Waals surface area contributed by atoms with E-state index in [0.717, 1.165) is 19.1 Å². The highest BCUT2D eigenvalue weighted by Crippen LogP contribution is 2.38. The largest absolute Gasteiger partial charge is 0.424 e. The molecule has 15 heteroatoms. The van der Waals surface area contributed by atoms with Gasteiger partial charge in [0.2, 0.25) is 5.60 Å². The van der Waals surface area contributed by atoms with E-state index in [1.807, 2.05) is 0 Å². The summed E-state index contributed by atoms with van der Waals surface area (Å²) >= 11 is 5.74. The van der Waals surface area contributed by atoms with E-state index < -0.39 is 63.9 Å². The fourth-order valence-electron chi connectivity index (χ4n) is 3.10. The van der Waals surface area contributed by atoms with Gasteiger partial charge in [-0.1, -0.05) is 11.6 Å². The van der Waals surface area contributed by atoms with Crippen molar-refractivity contribution in [3.63, 3.8) is 0 Å². The number of ether oxygens (including phenoxy) is 1. The molecule has 1 amide bonds. The molecule has 0 fully saturated rings. The lowest BCUT2D eigenvalue weighted by atomic mass is 9.92. The van der Waals surface area contributed by atoms with Crippen LogP contribution in [0.25, 0.3) is 0 Å². The number of aromatic nitrogens is 2. The molecule has 0 radical (unpaired) electrons. The SMILES string of the molecule is C[C@@]1(Cc2nc(NC(=O)c3ncc(C(F)(F)F)cc3Cl)ccc2F)CO[C@@](C)(C(F)(F)F)C(N)=N1. The molecular formula is C20H17ClF7N5O2. The number of aliphatic imine (C=N–C) groups is 1. The van der Waals surface area contributed by atoms with Crippen LogP contribution in [0, 0.1) is 5.82 Å². The number of nitrogens with two attached hydrogens (primary N) is 1. The molecule has 35 heavy (non-hydrogen) atoms. The molecule has 2 aromatic rings. The standard InChI is InChI=1S/C20H17ClF7N5O2/c1-17(8-35-18(2,16(29)33-17)20(26,27)28)6-12-11(22)3-4-13(31-12)32-15(34)14-10(21)5-9(7-30-14)19(23,24)25/h3-5,7H,6,8H2,1-2H3,(H2,29,33)(H,31,32,34)/t17-,18-/m1/s1. The van der Waals surface area contributed by atoms with Gasteiger partial charge in [0, 0.05) is 12.6 Å². The van der Waals surface area contributed by atoms with Gasteiger partial charge >= 0.3 is 12.4 Å². The molecule has 0 saturated carbocycles. The molecule has 3 rings (SSSR count). The number of rotatable bonds is 4. The number of carbonyl (C=O) groups excluding carboxylic acids is 1. The molecule has 0 saturated heterocycles. The molecule has 0 bridgehead atoms. The van der Waals surface area contributed by atoms with Crippen molar-refractivity contribution in [2.75, 3.05) is 11.9 Å². The van der Waals surface area contributed by atoms with Gasteiger partial charge in [-0.2, -0.15) is 26.3 Å². The molecule has 190 valence electrons. The predicted octanol–water partition coefficient (Wildman–Crippen LogP) is 4.55. The van der Waals surface area contributed by atoms with Crippen LogP contribution in [0.3, 0.4) is 0 Å². The fourth-order valence-corrected chi connectivity index (χ4v) is 3.35. The molecule has 0 aromatic carbocycles. The number of hydrogen-bond donors (Lipinski definition) is 2. The minimum atomic E-state index is -4.83. The van der Waals surface area contributed by atoms with E-state index in [0.29, 0.717) is 12.3 Å². The summed E-state index contributed by atoms with van der Waals surface area (Å²) in [5, 5.41) is 1.65. The molecule has 1 aliphatic rings. The van der Waals surface area contributed by atoms with Crippen LogP contribution >= 0.6 is 11.6 Å². The quantitative estimate of drug-likeness (QED) is 0.568. The summed E-state index contributed by atoms with van der Waals surface area (Å²) in [5.74, 6) is -2.94. The second-order valence-corrected chi connectivity index (χ2v) is 8.53. The van der Waals surface area contributed by atoms with Gasteiger partial charge in [0.25, 0.3) is 5.91 Å². The molecule has 2 atom stereocenters. The summed E-state index contributed by atoms with van der Waals surface area (Å²) in [7, 11) is 0. The number of alkyl halides is 6. The first kappa shape index (κ1) is 26.6. The number of nitrogens with one attached hydrogen (secondary N) is 1. The van der Waals surface area contributed by atoms with Crippen molar-refractivity contribution in [1.82, 2.24) is 9.97 Å². The first-order valence-electron chi connectivity index (χ1n) is 9.71. The lowest BCUT2D eigenvalue weighted by Crippen LogP contribution is -2.61. The van der Waals surface area contributed by atoms with Gasteiger partial charge in [-0.25, -0.2) is 14.4 Å². The number of pyridine rings is 2. The number of anilines is 1. The van der Waals surface area contributed by atoms with E-state index in [1.165, 1.54) is 6.92 Å². The van der Waals surface area contributed by atoms with E-state index in [2.05, 4.69) is 20.3 Å². The highest BCUT2D eigenvalue weighted by Gasteiger charge is 2.58. The molecule has 7 nitrogen and oxygen atoms in total. The highest BCUT2D eigenvalue weighted by atomic mass is 35.5. The number of amides is 1. The van der Waals surface area contributed by atoms with E-state index in [4.69, 9.17) is 22.1 Å². The van der Waals surface area contributed by atoms with Crippen molar-refractivity contribution in [2.45, 2.75) is 43.8 Å². The second kappa shape index (κ2) is 8.90. The van der Waals surface area contributed by atoms with Crippen molar-refractivity contribution in [3.8, 4) is 0 Å². The lowest BCUT2D eigenvalue weighted by molar-refractivity contribution is -0.249. The van der Waals surface area contributed by atoms with Crippen LogP contribution in [0.15, 0.2) is 29.4 Å². The monoisotopic (exact) mass is 527 g/mol. The molecule has 0 aliphatic carbocycles. The minimum absolute atomic E-state index is 0.221. The zero-order valence-electron chi connectivity index (χ0n) is 18.0. The van der Waals surface area contributed by atoms with Crippen LogP contribution in [0.1, 0.15) is 35.6 Å². The Labute approximate surface area is 198 Å². The Hall–Kier alpha value is -3.00. The number of amidine groups is 1. The molecular weight excluding hydrogens is 511 g/mol. The Morgan fingerprint density at radius 2 is 1.89 bits per heavy atom. The number of halogens is 8. The van der Waals surface area contributed by atoms with Crippen molar-refractivity contribution >= 4 is 29.2 Å². The van der Waals surface area contributed by atoms with E-state index in [1.54, 1.807) is 0 Å². The van der Waals surface area contributed by atoms with Crippen LogP contribution in [0.4, 0.5) is 36.6 Å². The maximum absolute atomic E-state index is 14.4. The minimum Gasteiger partial charge on any atom is -0.385 e. The van der Waals surface area contributed by atoms with E-state index in [9.17, 15) is 35.5 Å². The van der Waals surface area contributed by atoms with Crippen molar-refractivity contribution in [1.29, 1.82) is 0 Å². The first-order valence-corrected chi connectivity index (χ1v) is 10.1. The Kier molecular flexibility index (Phi) is 6.76. The third-order valence-corrected chi connectivity index (χ3v) is 5.47. The molecule has 3 N–H and O–H groups in total. The Bertz CT molecular complexity index is 1190. The zero-order chi connectivity index (χ0) is 26.4. The lowest BCUT2D eigenvalue weighted by Gasteiger charge is -2.40. The summed E-state index contributed by atoms with van der Waals surface area (Å²) in [6, 6.07) is 2.51.